The first kappa shape index (κ1) is 10.2. The van der Waals surface area contributed by atoms with E-state index in [1.54, 1.807) is 13.0 Å². The number of furan rings is 1. The lowest BCUT2D eigenvalue weighted by Crippen LogP contribution is -2.26. The van der Waals surface area contributed by atoms with Crippen LogP contribution < -0.4 is 5.32 Å². The summed E-state index contributed by atoms with van der Waals surface area (Å²) in [6.07, 6.45) is 2.36. The number of aryl methyl sites for hydroxylation is 1. The van der Waals surface area contributed by atoms with Crippen molar-refractivity contribution in [1.29, 1.82) is 0 Å². The Kier molecular flexibility index (Phi) is 2.31. The van der Waals surface area contributed by atoms with E-state index < -0.39 is 5.97 Å². The fourth-order valence-corrected chi connectivity index (χ4v) is 1.51. The standard InChI is InChI=1S/C11H15NO3/c1-7-5-8(15-9(7)10(13)14)6-12-11(2)3-4-11/h5,12H,3-4,6H2,1-2H3,(H,13,14). The zero-order valence-electron chi connectivity index (χ0n) is 8.96. The van der Waals surface area contributed by atoms with E-state index in [4.69, 9.17) is 9.52 Å². The third kappa shape index (κ3) is 2.21. The quantitative estimate of drug-likeness (QED) is 0.795. The molecule has 0 spiro atoms. The van der Waals surface area contributed by atoms with E-state index >= 15 is 0 Å². The van der Waals surface area contributed by atoms with Crippen molar-refractivity contribution >= 4 is 5.97 Å². The van der Waals surface area contributed by atoms with Crippen molar-refractivity contribution < 1.29 is 14.3 Å². The molecule has 0 radical (unpaired) electrons. The number of hydrogen-bond donors (Lipinski definition) is 2. The molecule has 2 rings (SSSR count). The van der Waals surface area contributed by atoms with Crippen molar-refractivity contribution in [3.05, 3.63) is 23.2 Å². The summed E-state index contributed by atoms with van der Waals surface area (Å²) in [7, 11) is 0. The molecular formula is C11H15NO3. The molecule has 0 unspecified atom stereocenters. The Balaban J connectivity index is 2.02. The van der Waals surface area contributed by atoms with Crippen LogP contribution >= 0.6 is 0 Å². The van der Waals surface area contributed by atoms with Gasteiger partial charge in [-0.1, -0.05) is 0 Å². The number of aromatic carboxylic acids is 1. The highest BCUT2D eigenvalue weighted by Crippen LogP contribution is 2.34. The largest absolute Gasteiger partial charge is 0.475 e. The molecule has 4 nitrogen and oxygen atoms in total. The fourth-order valence-electron chi connectivity index (χ4n) is 1.51. The maximum Gasteiger partial charge on any atom is 0.372 e. The topological polar surface area (TPSA) is 62.5 Å². The first-order valence-corrected chi connectivity index (χ1v) is 5.08. The van der Waals surface area contributed by atoms with Gasteiger partial charge in [0.05, 0.1) is 6.54 Å². The average Bonchev–Trinajstić information content (AvgIpc) is 2.75. The summed E-state index contributed by atoms with van der Waals surface area (Å²) in [6, 6.07) is 1.78. The van der Waals surface area contributed by atoms with Gasteiger partial charge >= 0.3 is 5.97 Å². The van der Waals surface area contributed by atoms with Crippen LogP contribution in [0.3, 0.4) is 0 Å². The molecule has 2 N–H and O–H groups in total. The smallest absolute Gasteiger partial charge is 0.372 e. The molecule has 0 atom stereocenters. The molecule has 1 aliphatic carbocycles. The molecule has 1 aliphatic rings. The number of carboxylic acids is 1. The molecule has 15 heavy (non-hydrogen) atoms. The number of rotatable bonds is 4. The molecule has 82 valence electrons. The van der Waals surface area contributed by atoms with Gasteiger partial charge in [-0.3, -0.25) is 0 Å². The van der Waals surface area contributed by atoms with Crippen molar-refractivity contribution in [3.63, 3.8) is 0 Å². The van der Waals surface area contributed by atoms with Gasteiger partial charge in [0.2, 0.25) is 5.76 Å². The molecular weight excluding hydrogens is 194 g/mol. The highest BCUT2D eigenvalue weighted by atomic mass is 16.4. The second kappa shape index (κ2) is 3.38. The maximum atomic E-state index is 10.7. The molecule has 1 fully saturated rings. The van der Waals surface area contributed by atoms with Crippen LogP contribution in [-0.2, 0) is 6.54 Å². The first-order valence-electron chi connectivity index (χ1n) is 5.08. The van der Waals surface area contributed by atoms with Crippen LogP contribution in [-0.4, -0.2) is 16.6 Å². The Morgan fingerprint density at radius 1 is 1.67 bits per heavy atom. The van der Waals surface area contributed by atoms with Gasteiger partial charge in [0.15, 0.2) is 0 Å². The van der Waals surface area contributed by atoms with Crippen LogP contribution in [0.2, 0.25) is 0 Å². The van der Waals surface area contributed by atoms with Crippen LogP contribution in [0.4, 0.5) is 0 Å². The number of carboxylic acid groups (broad SMARTS) is 1. The van der Waals surface area contributed by atoms with Crippen LogP contribution in [0.1, 0.15) is 41.6 Å². The zero-order valence-corrected chi connectivity index (χ0v) is 8.96. The van der Waals surface area contributed by atoms with E-state index in [0.717, 1.165) is 0 Å². The third-order valence-electron chi connectivity index (χ3n) is 2.85. The van der Waals surface area contributed by atoms with E-state index in [9.17, 15) is 4.79 Å². The Bertz CT molecular complexity index is 391. The number of hydrogen-bond acceptors (Lipinski definition) is 3. The molecule has 0 saturated heterocycles. The molecule has 0 aliphatic heterocycles. The molecule has 0 amide bonds. The summed E-state index contributed by atoms with van der Waals surface area (Å²) >= 11 is 0. The van der Waals surface area contributed by atoms with Crippen molar-refractivity contribution in [2.24, 2.45) is 0 Å². The Morgan fingerprint density at radius 3 is 2.80 bits per heavy atom. The van der Waals surface area contributed by atoms with Gasteiger partial charge in [-0.2, -0.15) is 0 Å². The molecule has 1 saturated carbocycles. The van der Waals surface area contributed by atoms with Crippen LogP contribution in [0.15, 0.2) is 10.5 Å². The molecule has 1 heterocycles. The van der Waals surface area contributed by atoms with Crippen molar-refractivity contribution in [1.82, 2.24) is 5.32 Å². The lowest BCUT2D eigenvalue weighted by molar-refractivity contribution is 0.0659. The fraction of sp³-hybridized carbons (Fsp3) is 0.545. The van der Waals surface area contributed by atoms with Gasteiger partial charge in [0, 0.05) is 11.1 Å². The Labute approximate surface area is 88.3 Å². The van der Waals surface area contributed by atoms with Crippen molar-refractivity contribution in [3.8, 4) is 0 Å². The van der Waals surface area contributed by atoms with E-state index in [1.165, 1.54) is 12.8 Å². The average molecular weight is 209 g/mol. The van der Waals surface area contributed by atoms with E-state index in [2.05, 4.69) is 12.2 Å². The summed E-state index contributed by atoms with van der Waals surface area (Å²) in [6.45, 7) is 4.50. The second-order valence-corrected chi connectivity index (χ2v) is 4.44. The maximum absolute atomic E-state index is 10.7. The van der Waals surface area contributed by atoms with Crippen LogP contribution in [0, 0.1) is 6.92 Å². The second-order valence-electron chi connectivity index (χ2n) is 4.44. The minimum absolute atomic E-state index is 0.0488. The van der Waals surface area contributed by atoms with Crippen molar-refractivity contribution in [2.75, 3.05) is 0 Å². The molecule has 4 heteroatoms. The summed E-state index contributed by atoms with van der Waals surface area (Å²) in [5, 5.41) is 12.1. The Morgan fingerprint density at radius 2 is 2.33 bits per heavy atom. The predicted molar refractivity (Wildman–Crippen MR) is 54.9 cm³/mol. The summed E-state index contributed by atoms with van der Waals surface area (Å²) in [5.74, 6) is -0.262. The first-order chi connectivity index (χ1) is 7.00. The highest BCUT2D eigenvalue weighted by Gasteiger charge is 2.36. The number of carbonyl (C=O) groups is 1. The van der Waals surface area contributed by atoms with Crippen molar-refractivity contribution in [2.45, 2.75) is 38.8 Å². The number of nitrogens with one attached hydrogen (secondary N) is 1. The molecule has 0 aromatic carbocycles. The minimum Gasteiger partial charge on any atom is -0.475 e. The van der Waals surface area contributed by atoms with Gasteiger partial charge in [0.1, 0.15) is 5.76 Å². The highest BCUT2D eigenvalue weighted by molar-refractivity contribution is 5.86. The Hall–Kier alpha value is -1.29. The summed E-state index contributed by atoms with van der Waals surface area (Å²) < 4.78 is 5.24. The lowest BCUT2D eigenvalue weighted by atomic mass is 10.2. The van der Waals surface area contributed by atoms with Gasteiger partial charge in [-0.25, -0.2) is 4.79 Å². The van der Waals surface area contributed by atoms with Gasteiger partial charge in [-0.05, 0) is 32.8 Å². The molecule has 1 aromatic rings. The van der Waals surface area contributed by atoms with E-state index in [1.807, 2.05) is 0 Å². The predicted octanol–water partition coefficient (Wildman–Crippen LogP) is 1.93. The lowest BCUT2D eigenvalue weighted by Gasteiger charge is -2.08. The summed E-state index contributed by atoms with van der Waals surface area (Å²) in [5.41, 5.74) is 0.921. The monoisotopic (exact) mass is 209 g/mol. The zero-order chi connectivity index (χ0) is 11.1. The van der Waals surface area contributed by atoms with Gasteiger partial charge in [-0.15, -0.1) is 0 Å². The molecule has 1 aromatic heterocycles. The van der Waals surface area contributed by atoms with Gasteiger partial charge in [0.25, 0.3) is 0 Å². The van der Waals surface area contributed by atoms with E-state index in [-0.39, 0.29) is 11.3 Å². The minimum atomic E-state index is -1.00. The molecule has 0 bridgehead atoms. The van der Waals surface area contributed by atoms with E-state index in [0.29, 0.717) is 17.9 Å². The summed E-state index contributed by atoms with van der Waals surface area (Å²) in [4.78, 5) is 10.7. The normalized spacial score (nSPS) is 17.7. The van der Waals surface area contributed by atoms with Crippen LogP contribution in [0.25, 0.3) is 0 Å². The SMILES string of the molecule is Cc1cc(CNC2(C)CC2)oc1C(=O)O. The van der Waals surface area contributed by atoms with Gasteiger partial charge < -0.3 is 14.8 Å². The third-order valence-corrected chi connectivity index (χ3v) is 2.85. The van der Waals surface area contributed by atoms with Crippen LogP contribution in [0.5, 0.6) is 0 Å².